The van der Waals surface area contributed by atoms with Crippen molar-refractivity contribution in [2.75, 3.05) is 6.61 Å². The minimum absolute atomic E-state index is 0.235. The molecule has 1 spiro atoms. The van der Waals surface area contributed by atoms with E-state index >= 15 is 0 Å². The molecule has 1 saturated heterocycles. The van der Waals surface area contributed by atoms with Crippen LogP contribution in [0.15, 0.2) is 60.7 Å². The molecule has 3 aliphatic rings. The van der Waals surface area contributed by atoms with Crippen molar-refractivity contribution in [1.82, 2.24) is 0 Å². The highest BCUT2D eigenvalue weighted by Gasteiger charge is 2.81. The monoisotopic (exact) mass is 578 g/mol. The summed E-state index contributed by atoms with van der Waals surface area (Å²) >= 11 is 0. The van der Waals surface area contributed by atoms with Crippen LogP contribution in [-0.4, -0.2) is 60.0 Å². The molecule has 2 aliphatic carbocycles. The number of carbonyl (C=O) groups is 4. The lowest BCUT2D eigenvalue weighted by molar-refractivity contribution is -0.300. The van der Waals surface area contributed by atoms with Gasteiger partial charge in [-0.2, -0.15) is 0 Å². The molecule has 5 rings (SSSR count). The number of hydrogen-bond donors (Lipinski definition) is 0. The Bertz CT molecular complexity index is 1340. The molecule has 2 bridgehead atoms. The highest BCUT2D eigenvalue weighted by molar-refractivity contribution is 5.90. The zero-order valence-electron chi connectivity index (χ0n) is 24.7. The Morgan fingerprint density at radius 3 is 1.93 bits per heavy atom. The molecule has 1 aliphatic heterocycles. The molecule has 7 atom stereocenters. The molecule has 3 fully saturated rings. The van der Waals surface area contributed by atoms with Gasteiger partial charge >= 0.3 is 23.9 Å². The van der Waals surface area contributed by atoms with Crippen LogP contribution >= 0.6 is 0 Å². The third-order valence-corrected chi connectivity index (χ3v) is 9.36. The third kappa shape index (κ3) is 4.87. The number of esters is 4. The summed E-state index contributed by atoms with van der Waals surface area (Å²) in [7, 11) is 0. The fourth-order valence-corrected chi connectivity index (χ4v) is 7.64. The molecule has 0 unspecified atom stereocenters. The average molecular weight is 579 g/mol. The van der Waals surface area contributed by atoms with E-state index in [1.165, 1.54) is 13.8 Å². The minimum atomic E-state index is -1.39. The van der Waals surface area contributed by atoms with Gasteiger partial charge in [0.1, 0.15) is 35.9 Å². The fourth-order valence-electron chi connectivity index (χ4n) is 7.64. The molecular weight excluding hydrogens is 540 g/mol. The number of rotatable bonds is 7. The van der Waals surface area contributed by atoms with Gasteiger partial charge in [-0.1, -0.05) is 43.3 Å². The van der Waals surface area contributed by atoms with Crippen LogP contribution in [0.1, 0.15) is 74.6 Å². The molecule has 224 valence electrons. The topological polar surface area (TPSA) is 114 Å². The highest BCUT2D eigenvalue weighted by atomic mass is 16.6. The third-order valence-electron chi connectivity index (χ3n) is 9.36. The van der Waals surface area contributed by atoms with Gasteiger partial charge in [0.25, 0.3) is 0 Å². The maximum Gasteiger partial charge on any atom is 0.338 e. The molecule has 9 heteroatoms. The van der Waals surface area contributed by atoms with E-state index in [0.29, 0.717) is 24.0 Å². The van der Waals surface area contributed by atoms with Crippen molar-refractivity contribution < 1.29 is 42.9 Å². The normalized spacial score (nSPS) is 32.6. The Kier molecular flexibility index (Phi) is 7.91. The van der Waals surface area contributed by atoms with Crippen LogP contribution in [-0.2, 0) is 33.3 Å². The van der Waals surface area contributed by atoms with E-state index in [1.54, 1.807) is 60.7 Å². The van der Waals surface area contributed by atoms with Gasteiger partial charge in [-0.3, -0.25) is 9.59 Å². The van der Waals surface area contributed by atoms with Crippen LogP contribution in [0.3, 0.4) is 0 Å². The van der Waals surface area contributed by atoms with Crippen LogP contribution in [0.4, 0.5) is 0 Å². The lowest BCUT2D eigenvalue weighted by Crippen LogP contribution is -2.76. The van der Waals surface area contributed by atoms with Crippen molar-refractivity contribution in [2.45, 2.75) is 83.4 Å². The zero-order chi connectivity index (χ0) is 30.3. The summed E-state index contributed by atoms with van der Waals surface area (Å²) in [6.07, 6.45) is -1.31. The second-order valence-corrected chi connectivity index (χ2v) is 12.2. The summed E-state index contributed by atoms with van der Waals surface area (Å²) in [4.78, 5) is 52.0. The molecular formula is C33H38O9. The summed E-state index contributed by atoms with van der Waals surface area (Å²) in [5, 5.41) is 0. The average Bonchev–Trinajstić information content (AvgIpc) is 3.11. The Labute approximate surface area is 245 Å². The van der Waals surface area contributed by atoms with E-state index in [2.05, 4.69) is 0 Å². The Balaban J connectivity index is 1.69. The maximum atomic E-state index is 13.6. The minimum Gasteiger partial charge on any atom is -0.462 e. The molecule has 0 amide bonds. The standard InChI is InChI=1S/C33H38O9/c1-20-16-17-26(39-21(2)34)32(19-38-29(36)23-12-8-6-9-13-23)27(41-30(37)24-14-10-7-11-15-24)18-25-28(40-22(3)35)33(20,32)42-31(25,4)5/h6-15,20,25-28H,16-19H2,1-5H3/t20-,25+,26-,27+,28-,32-,33+/m1/s1. The summed E-state index contributed by atoms with van der Waals surface area (Å²) in [6, 6.07) is 17.2. The van der Waals surface area contributed by atoms with E-state index in [0.717, 1.165) is 0 Å². The van der Waals surface area contributed by atoms with E-state index < -0.39 is 58.8 Å². The summed E-state index contributed by atoms with van der Waals surface area (Å²) in [5.41, 5.74) is -2.82. The van der Waals surface area contributed by atoms with Gasteiger partial charge in [-0.25, -0.2) is 9.59 Å². The Morgan fingerprint density at radius 1 is 0.786 bits per heavy atom. The molecule has 1 heterocycles. The van der Waals surface area contributed by atoms with E-state index in [9.17, 15) is 19.2 Å². The molecule has 9 nitrogen and oxygen atoms in total. The SMILES string of the molecule is CC(=O)O[C@@H]1[C@@H]2C[C@H](OC(=O)c3ccccc3)[C@@]3(COC(=O)c4ccccc4)[C@H](OC(C)=O)CC[C@@H](C)[C@]13OC2(C)C. The van der Waals surface area contributed by atoms with Gasteiger partial charge < -0.3 is 23.7 Å². The van der Waals surface area contributed by atoms with E-state index in [4.69, 9.17) is 23.7 Å². The van der Waals surface area contributed by atoms with Crippen molar-refractivity contribution in [2.24, 2.45) is 17.3 Å². The van der Waals surface area contributed by atoms with Crippen LogP contribution in [0.25, 0.3) is 0 Å². The second kappa shape index (κ2) is 11.2. The van der Waals surface area contributed by atoms with Gasteiger partial charge in [-0.15, -0.1) is 0 Å². The smallest absolute Gasteiger partial charge is 0.338 e. The first-order valence-corrected chi connectivity index (χ1v) is 14.4. The van der Waals surface area contributed by atoms with Crippen molar-refractivity contribution >= 4 is 23.9 Å². The van der Waals surface area contributed by atoms with Crippen LogP contribution in [0.5, 0.6) is 0 Å². The van der Waals surface area contributed by atoms with Crippen molar-refractivity contribution in [3.8, 4) is 0 Å². The quantitative estimate of drug-likeness (QED) is 0.334. The highest BCUT2D eigenvalue weighted by Crippen LogP contribution is 2.68. The lowest BCUT2D eigenvalue weighted by Gasteiger charge is -2.62. The number of ether oxygens (including phenoxy) is 5. The maximum absolute atomic E-state index is 13.6. The Morgan fingerprint density at radius 2 is 1.36 bits per heavy atom. The summed E-state index contributed by atoms with van der Waals surface area (Å²) in [5.74, 6) is -2.76. The van der Waals surface area contributed by atoms with E-state index in [1.807, 2.05) is 20.8 Å². The number of fused-ring (bicyclic) bond motifs is 1. The molecule has 2 aromatic rings. The van der Waals surface area contributed by atoms with Gasteiger partial charge in [0.15, 0.2) is 0 Å². The predicted molar refractivity (Wildman–Crippen MR) is 150 cm³/mol. The first kappa shape index (κ1) is 29.8. The molecule has 0 aromatic heterocycles. The number of carbonyl (C=O) groups excluding carboxylic acids is 4. The lowest BCUT2D eigenvalue weighted by atomic mass is 9.48. The number of benzene rings is 2. The molecule has 42 heavy (non-hydrogen) atoms. The first-order valence-electron chi connectivity index (χ1n) is 14.4. The van der Waals surface area contributed by atoms with Crippen molar-refractivity contribution in [1.29, 1.82) is 0 Å². The molecule has 2 aromatic carbocycles. The zero-order valence-corrected chi connectivity index (χ0v) is 24.7. The molecule has 2 saturated carbocycles. The molecule has 0 radical (unpaired) electrons. The van der Waals surface area contributed by atoms with Gasteiger partial charge in [0, 0.05) is 19.8 Å². The van der Waals surface area contributed by atoms with Gasteiger partial charge in [0.2, 0.25) is 0 Å². The van der Waals surface area contributed by atoms with Crippen LogP contribution in [0, 0.1) is 17.3 Å². The largest absolute Gasteiger partial charge is 0.462 e. The van der Waals surface area contributed by atoms with Crippen LogP contribution in [0.2, 0.25) is 0 Å². The summed E-state index contributed by atoms with van der Waals surface area (Å²) in [6.45, 7) is 8.21. The Hall–Kier alpha value is -3.72. The second-order valence-electron chi connectivity index (χ2n) is 12.2. The number of hydrogen-bond acceptors (Lipinski definition) is 9. The van der Waals surface area contributed by atoms with Gasteiger partial charge in [-0.05, 0) is 63.3 Å². The van der Waals surface area contributed by atoms with Gasteiger partial charge in [0.05, 0.1) is 16.7 Å². The van der Waals surface area contributed by atoms with Crippen molar-refractivity contribution in [3.05, 3.63) is 71.8 Å². The predicted octanol–water partition coefficient (Wildman–Crippen LogP) is 4.92. The van der Waals surface area contributed by atoms with Crippen LogP contribution < -0.4 is 0 Å². The first-order chi connectivity index (χ1) is 19.9. The fraction of sp³-hybridized carbons (Fsp3) is 0.515. The molecule has 0 N–H and O–H groups in total. The van der Waals surface area contributed by atoms with Crippen molar-refractivity contribution in [3.63, 3.8) is 0 Å². The van der Waals surface area contributed by atoms with E-state index in [-0.39, 0.29) is 24.9 Å². The summed E-state index contributed by atoms with van der Waals surface area (Å²) < 4.78 is 31.4.